The number of halogens is 1. The first-order valence-electron chi connectivity index (χ1n) is 9.13. The monoisotopic (exact) mass is 411 g/mol. The van der Waals surface area contributed by atoms with Gasteiger partial charge in [0.15, 0.2) is 0 Å². The van der Waals surface area contributed by atoms with Crippen LogP contribution in [0.1, 0.15) is 22.8 Å². The number of nitrogens with zero attached hydrogens (tertiary/aromatic N) is 1. The number of carbonyl (C=O) groups is 2. The Balaban J connectivity index is 1.69. The summed E-state index contributed by atoms with van der Waals surface area (Å²) in [7, 11) is 1.48. The maximum Gasteiger partial charge on any atom is 0.255 e. The van der Waals surface area contributed by atoms with E-state index in [0.717, 1.165) is 5.56 Å². The zero-order valence-electron chi connectivity index (χ0n) is 16.2. The van der Waals surface area contributed by atoms with Gasteiger partial charge in [-0.2, -0.15) is 0 Å². The van der Waals surface area contributed by atoms with Gasteiger partial charge in [0.05, 0.1) is 23.4 Å². The molecule has 1 unspecified atom stereocenters. The third-order valence-electron chi connectivity index (χ3n) is 4.45. The van der Waals surface area contributed by atoms with Crippen molar-refractivity contribution in [3.63, 3.8) is 0 Å². The summed E-state index contributed by atoms with van der Waals surface area (Å²) >= 11 is 6.37. The lowest BCUT2D eigenvalue weighted by atomic mass is 10.1. The number of amides is 2. The first-order chi connectivity index (χ1) is 14.0. The van der Waals surface area contributed by atoms with Crippen LogP contribution in [0.4, 0.5) is 0 Å². The van der Waals surface area contributed by atoms with Crippen molar-refractivity contribution in [2.75, 3.05) is 7.11 Å². The van der Waals surface area contributed by atoms with Gasteiger partial charge in [0.1, 0.15) is 11.8 Å². The molecule has 150 valence electrons. The van der Waals surface area contributed by atoms with Crippen LogP contribution >= 0.6 is 11.6 Å². The summed E-state index contributed by atoms with van der Waals surface area (Å²) < 4.78 is 7.20. The number of rotatable bonds is 7. The maximum absolute atomic E-state index is 12.7. The van der Waals surface area contributed by atoms with Crippen molar-refractivity contribution in [2.45, 2.75) is 19.5 Å². The number of aromatic nitrogens is 1. The van der Waals surface area contributed by atoms with Crippen LogP contribution in [0.15, 0.2) is 67.0 Å². The SMILES string of the molecule is COc1cc(-n2cccc2)c(Cl)cc1C(=O)NC(C)C(=O)NCc1ccccc1. The van der Waals surface area contributed by atoms with E-state index in [4.69, 9.17) is 16.3 Å². The number of hydrogen-bond acceptors (Lipinski definition) is 3. The van der Waals surface area contributed by atoms with E-state index >= 15 is 0 Å². The van der Waals surface area contributed by atoms with Crippen molar-refractivity contribution in [1.29, 1.82) is 0 Å². The summed E-state index contributed by atoms with van der Waals surface area (Å²) in [6, 6.07) is 15.8. The maximum atomic E-state index is 12.7. The molecule has 0 aliphatic heterocycles. The molecule has 2 aromatic carbocycles. The van der Waals surface area contributed by atoms with Crippen LogP contribution in [0.2, 0.25) is 5.02 Å². The number of methoxy groups -OCH3 is 1. The van der Waals surface area contributed by atoms with Crippen LogP contribution in [-0.4, -0.2) is 29.5 Å². The Morgan fingerprint density at radius 2 is 1.79 bits per heavy atom. The summed E-state index contributed by atoms with van der Waals surface area (Å²) in [6.07, 6.45) is 3.69. The largest absolute Gasteiger partial charge is 0.496 e. The van der Waals surface area contributed by atoms with E-state index in [1.54, 1.807) is 19.1 Å². The van der Waals surface area contributed by atoms with Crippen molar-refractivity contribution in [3.8, 4) is 11.4 Å². The van der Waals surface area contributed by atoms with Gasteiger partial charge < -0.3 is 19.9 Å². The summed E-state index contributed by atoms with van der Waals surface area (Å²) in [6.45, 7) is 2.01. The molecule has 0 saturated heterocycles. The molecule has 0 bridgehead atoms. The highest BCUT2D eigenvalue weighted by Gasteiger charge is 2.21. The third kappa shape index (κ3) is 4.97. The molecule has 1 atom stereocenters. The fourth-order valence-electron chi connectivity index (χ4n) is 2.86. The normalized spacial score (nSPS) is 11.6. The molecule has 6 nitrogen and oxygen atoms in total. The van der Waals surface area contributed by atoms with Gasteiger partial charge in [0, 0.05) is 25.0 Å². The molecule has 2 N–H and O–H groups in total. The Kier molecular flexibility index (Phi) is 6.57. The molecule has 0 radical (unpaired) electrons. The Morgan fingerprint density at radius 1 is 1.10 bits per heavy atom. The van der Waals surface area contributed by atoms with Gasteiger partial charge in [-0.25, -0.2) is 0 Å². The molecule has 0 spiro atoms. The topological polar surface area (TPSA) is 72.4 Å². The minimum atomic E-state index is -0.723. The second-order valence-electron chi connectivity index (χ2n) is 6.49. The highest BCUT2D eigenvalue weighted by atomic mass is 35.5. The van der Waals surface area contributed by atoms with Crippen LogP contribution in [0.3, 0.4) is 0 Å². The predicted octanol–water partition coefficient (Wildman–Crippen LogP) is 3.57. The van der Waals surface area contributed by atoms with E-state index in [9.17, 15) is 9.59 Å². The predicted molar refractivity (Wildman–Crippen MR) is 113 cm³/mol. The minimum absolute atomic E-state index is 0.260. The molecule has 2 amide bonds. The van der Waals surface area contributed by atoms with Crippen molar-refractivity contribution in [1.82, 2.24) is 15.2 Å². The standard InChI is InChI=1S/C22H22ClN3O3/c1-15(21(27)24-14-16-8-4-3-5-9-16)25-22(28)17-12-18(23)19(13-20(17)29-2)26-10-6-7-11-26/h3-13,15H,14H2,1-2H3,(H,24,27)(H,25,28). The zero-order chi connectivity index (χ0) is 20.8. The average Bonchev–Trinajstić information content (AvgIpc) is 3.27. The fraction of sp³-hybridized carbons (Fsp3) is 0.182. The van der Waals surface area contributed by atoms with Gasteiger partial charge in [-0.1, -0.05) is 41.9 Å². The van der Waals surface area contributed by atoms with Gasteiger partial charge in [-0.05, 0) is 30.7 Å². The molecular weight excluding hydrogens is 390 g/mol. The number of benzene rings is 2. The van der Waals surface area contributed by atoms with Crippen LogP contribution in [0, 0.1) is 0 Å². The van der Waals surface area contributed by atoms with Gasteiger partial charge in [0.25, 0.3) is 5.91 Å². The Morgan fingerprint density at radius 3 is 2.45 bits per heavy atom. The smallest absolute Gasteiger partial charge is 0.255 e. The molecule has 1 heterocycles. The van der Waals surface area contributed by atoms with Crippen LogP contribution < -0.4 is 15.4 Å². The van der Waals surface area contributed by atoms with Gasteiger partial charge in [-0.3, -0.25) is 9.59 Å². The summed E-state index contributed by atoms with van der Waals surface area (Å²) in [5, 5.41) is 5.90. The van der Waals surface area contributed by atoms with Gasteiger partial charge >= 0.3 is 0 Å². The lowest BCUT2D eigenvalue weighted by molar-refractivity contribution is -0.122. The zero-order valence-corrected chi connectivity index (χ0v) is 16.9. The van der Waals surface area contributed by atoms with Crippen LogP contribution in [0.25, 0.3) is 5.69 Å². The Labute approximate surface area is 174 Å². The molecule has 29 heavy (non-hydrogen) atoms. The van der Waals surface area contributed by atoms with E-state index in [2.05, 4.69) is 10.6 Å². The highest BCUT2D eigenvalue weighted by molar-refractivity contribution is 6.33. The van der Waals surface area contributed by atoms with E-state index in [-0.39, 0.29) is 11.5 Å². The molecule has 0 saturated carbocycles. The Hall–Kier alpha value is -3.25. The average molecular weight is 412 g/mol. The highest BCUT2D eigenvalue weighted by Crippen LogP contribution is 2.30. The quantitative estimate of drug-likeness (QED) is 0.624. The molecule has 0 aliphatic carbocycles. The number of hydrogen-bond donors (Lipinski definition) is 2. The lowest BCUT2D eigenvalue weighted by Gasteiger charge is -2.17. The van der Waals surface area contributed by atoms with Crippen LogP contribution in [0.5, 0.6) is 5.75 Å². The summed E-state index contributed by atoms with van der Waals surface area (Å²) in [5.74, 6) is -0.353. The van der Waals surface area contributed by atoms with Gasteiger partial charge in [-0.15, -0.1) is 0 Å². The van der Waals surface area contributed by atoms with Crippen molar-refractivity contribution < 1.29 is 14.3 Å². The molecule has 3 rings (SSSR count). The van der Waals surface area contributed by atoms with E-state index in [0.29, 0.717) is 23.0 Å². The number of ether oxygens (including phenoxy) is 1. The molecule has 0 fully saturated rings. The summed E-state index contributed by atoms with van der Waals surface area (Å²) in [5.41, 5.74) is 1.93. The van der Waals surface area contributed by atoms with Crippen molar-refractivity contribution in [2.24, 2.45) is 0 Å². The van der Waals surface area contributed by atoms with E-state index < -0.39 is 11.9 Å². The molecular formula is C22H22ClN3O3. The molecule has 7 heteroatoms. The first-order valence-corrected chi connectivity index (χ1v) is 9.50. The van der Waals surface area contributed by atoms with E-state index in [1.165, 1.54) is 7.11 Å². The number of nitrogens with one attached hydrogen (secondary N) is 2. The van der Waals surface area contributed by atoms with Gasteiger partial charge in [0.2, 0.25) is 5.91 Å². The lowest BCUT2D eigenvalue weighted by Crippen LogP contribution is -2.44. The third-order valence-corrected chi connectivity index (χ3v) is 4.75. The number of carbonyl (C=O) groups excluding carboxylic acids is 2. The molecule has 1 aromatic heterocycles. The van der Waals surface area contributed by atoms with Crippen molar-refractivity contribution in [3.05, 3.63) is 83.1 Å². The molecule has 3 aromatic rings. The van der Waals surface area contributed by atoms with Crippen molar-refractivity contribution >= 4 is 23.4 Å². The summed E-state index contributed by atoms with van der Waals surface area (Å²) in [4.78, 5) is 25.1. The minimum Gasteiger partial charge on any atom is -0.496 e. The van der Waals surface area contributed by atoms with E-state index in [1.807, 2.05) is 59.4 Å². The second-order valence-corrected chi connectivity index (χ2v) is 6.90. The second kappa shape index (κ2) is 9.30. The fourth-order valence-corrected chi connectivity index (χ4v) is 3.12. The van der Waals surface area contributed by atoms with Crippen LogP contribution in [-0.2, 0) is 11.3 Å². The Bertz CT molecular complexity index is 988. The first kappa shape index (κ1) is 20.5. The molecule has 0 aliphatic rings.